The molecule has 1 heterocycles. The molecule has 0 saturated heterocycles. The minimum atomic E-state index is 0.270. The van der Waals surface area contributed by atoms with E-state index in [1.54, 1.807) is 11.8 Å². The molecule has 2 aromatic rings. The number of ether oxygens (including phenoxy) is 1. The lowest BCUT2D eigenvalue weighted by Crippen LogP contribution is -2.15. The Bertz CT molecular complexity index is 594. The third-order valence-electron chi connectivity index (χ3n) is 2.69. The molecule has 0 fully saturated rings. The Morgan fingerprint density at radius 3 is 2.52 bits per heavy atom. The van der Waals surface area contributed by atoms with E-state index in [0.717, 1.165) is 18.0 Å². The van der Waals surface area contributed by atoms with Crippen molar-refractivity contribution in [2.45, 2.75) is 32.0 Å². The minimum Gasteiger partial charge on any atom is -0.493 e. The van der Waals surface area contributed by atoms with Crippen LogP contribution in [0, 0.1) is 0 Å². The van der Waals surface area contributed by atoms with Gasteiger partial charge < -0.3 is 15.4 Å². The number of hydrogen-bond donors (Lipinski definition) is 2. The molecule has 1 aromatic carbocycles. The zero-order valence-corrected chi connectivity index (χ0v) is 14.6. The van der Waals surface area contributed by atoms with Crippen LogP contribution in [-0.2, 0) is 0 Å². The van der Waals surface area contributed by atoms with Gasteiger partial charge in [0.15, 0.2) is 5.16 Å². The maximum atomic E-state index is 5.68. The fourth-order valence-corrected chi connectivity index (χ4v) is 2.44. The average Bonchev–Trinajstić information content (AvgIpc) is 2.52. The van der Waals surface area contributed by atoms with Crippen LogP contribution < -0.4 is 15.4 Å². The van der Waals surface area contributed by atoms with E-state index in [2.05, 4.69) is 39.4 Å². The first-order valence-corrected chi connectivity index (χ1v) is 8.73. The predicted molar refractivity (Wildman–Crippen MR) is 95.4 cm³/mol. The van der Waals surface area contributed by atoms with Crippen molar-refractivity contribution in [3.05, 3.63) is 30.3 Å². The molecule has 1 aromatic heterocycles. The van der Waals surface area contributed by atoms with E-state index < -0.39 is 0 Å². The Balaban J connectivity index is 1.91. The fraction of sp³-hybridized carbons (Fsp3) is 0.438. The van der Waals surface area contributed by atoms with E-state index in [4.69, 9.17) is 4.74 Å². The summed E-state index contributed by atoms with van der Waals surface area (Å²) in [5.74, 6) is 2.83. The Morgan fingerprint density at radius 1 is 1.09 bits per heavy atom. The highest BCUT2D eigenvalue weighted by Gasteiger charge is 2.07. The smallest absolute Gasteiger partial charge is 0.228 e. The second kappa shape index (κ2) is 9.19. The van der Waals surface area contributed by atoms with Gasteiger partial charge in [-0.15, -0.1) is 0 Å². The van der Waals surface area contributed by atoms with Gasteiger partial charge in [-0.25, -0.2) is 0 Å². The van der Waals surface area contributed by atoms with Crippen LogP contribution in [0.25, 0.3) is 0 Å². The number of para-hydroxylation sites is 1. The number of rotatable bonds is 9. The molecule has 0 bridgehead atoms. The zero-order valence-electron chi connectivity index (χ0n) is 13.7. The van der Waals surface area contributed by atoms with Gasteiger partial charge in [0.2, 0.25) is 11.9 Å². The van der Waals surface area contributed by atoms with E-state index in [0.29, 0.717) is 23.7 Å². The van der Waals surface area contributed by atoms with Crippen molar-refractivity contribution in [2.24, 2.45) is 0 Å². The summed E-state index contributed by atoms with van der Waals surface area (Å²) in [7, 11) is 0. The zero-order chi connectivity index (χ0) is 16.5. The van der Waals surface area contributed by atoms with Gasteiger partial charge in [0.1, 0.15) is 5.75 Å². The minimum absolute atomic E-state index is 0.270. The van der Waals surface area contributed by atoms with Gasteiger partial charge in [0.05, 0.1) is 6.61 Å². The summed E-state index contributed by atoms with van der Waals surface area (Å²) in [6.07, 6.45) is 0. The second-order valence-corrected chi connectivity index (χ2v) is 6.17. The van der Waals surface area contributed by atoms with Crippen LogP contribution in [0.5, 0.6) is 5.75 Å². The predicted octanol–water partition coefficient (Wildman–Crippen LogP) is 3.29. The molecule has 2 rings (SSSR count). The van der Waals surface area contributed by atoms with Crippen LogP contribution >= 0.6 is 11.8 Å². The second-order valence-electron chi connectivity index (χ2n) is 5.10. The highest BCUT2D eigenvalue weighted by atomic mass is 32.2. The van der Waals surface area contributed by atoms with E-state index >= 15 is 0 Å². The van der Waals surface area contributed by atoms with E-state index in [1.165, 1.54) is 0 Å². The molecule has 0 radical (unpaired) electrons. The summed E-state index contributed by atoms with van der Waals surface area (Å²) >= 11 is 1.55. The van der Waals surface area contributed by atoms with Crippen LogP contribution in [-0.4, -0.2) is 39.9 Å². The van der Waals surface area contributed by atoms with Crippen LogP contribution in [0.1, 0.15) is 20.8 Å². The maximum absolute atomic E-state index is 5.68. The molecule has 0 aliphatic rings. The van der Waals surface area contributed by atoms with Crippen molar-refractivity contribution in [3.8, 4) is 5.75 Å². The van der Waals surface area contributed by atoms with E-state index in [1.807, 2.05) is 37.3 Å². The number of benzene rings is 1. The van der Waals surface area contributed by atoms with Crippen molar-refractivity contribution >= 4 is 23.7 Å². The molecule has 0 aliphatic heterocycles. The SMILES string of the molecule is CCNc1nc(NC(C)C)nc(SCCOc2ccccc2)n1. The van der Waals surface area contributed by atoms with E-state index in [-0.39, 0.29) is 6.04 Å². The molecular weight excluding hydrogens is 310 g/mol. The molecule has 7 heteroatoms. The van der Waals surface area contributed by atoms with Crippen molar-refractivity contribution < 1.29 is 4.74 Å². The summed E-state index contributed by atoms with van der Waals surface area (Å²) in [6, 6.07) is 10.1. The largest absolute Gasteiger partial charge is 0.493 e. The van der Waals surface area contributed by atoms with Gasteiger partial charge in [-0.1, -0.05) is 30.0 Å². The quantitative estimate of drug-likeness (QED) is 0.539. The number of nitrogens with one attached hydrogen (secondary N) is 2. The molecule has 124 valence electrons. The Morgan fingerprint density at radius 2 is 1.83 bits per heavy atom. The molecule has 0 amide bonds. The number of anilines is 2. The molecule has 0 unspecified atom stereocenters. The van der Waals surface area contributed by atoms with Crippen molar-refractivity contribution in [1.82, 2.24) is 15.0 Å². The van der Waals surface area contributed by atoms with Crippen molar-refractivity contribution in [1.29, 1.82) is 0 Å². The summed E-state index contributed by atoms with van der Waals surface area (Å²) in [5.41, 5.74) is 0. The first-order valence-electron chi connectivity index (χ1n) is 7.74. The molecule has 23 heavy (non-hydrogen) atoms. The molecule has 0 saturated carbocycles. The maximum Gasteiger partial charge on any atom is 0.228 e. The highest BCUT2D eigenvalue weighted by molar-refractivity contribution is 7.99. The molecule has 2 N–H and O–H groups in total. The lowest BCUT2D eigenvalue weighted by molar-refractivity contribution is 0.344. The van der Waals surface area contributed by atoms with Crippen LogP contribution in [0.4, 0.5) is 11.9 Å². The Kier molecular flexibility index (Phi) is 6.93. The number of thioether (sulfide) groups is 1. The third-order valence-corrected chi connectivity index (χ3v) is 3.51. The van der Waals surface area contributed by atoms with Crippen molar-refractivity contribution in [2.75, 3.05) is 29.5 Å². The lowest BCUT2D eigenvalue weighted by atomic mass is 10.3. The van der Waals surface area contributed by atoms with Gasteiger partial charge in [-0.05, 0) is 32.9 Å². The lowest BCUT2D eigenvalue weighted by Gasteiger charge is -2.11. The number of aromatic nitrogens is 3. The Labute approximate surface area is 141 Å². The summed E-state index contributed by atoms with van der Waals surface area (Å²) in [6.45, 7) is 7.49. The molecule has 0 spiro atoms. The topological polar surface area (TPSA) is 72.0 Å². The third kappa shape index (κ3) is 6.32. The number of nitrogens with zero attached hydrogens (tertiary/aromatic N) is 3. The van der Waals surface area contributed by atoms with Gasteiger partial charge in [0.25, 0.3) is 0 Å². The normalized spacial score (nSPS) is 10.6. The van der Waals surface area contributed by atoms with Crippen LogP contribution in [0.15, 0.2) is 35.5 Å². The molecule has 0 atom stereocenters. The molecule has 0 aliphatic carbocycles. The van der Waals surface area contributed by atoms with Gasteiger partial charge >= 0.3 is 0 Å². The summed E-state index contributed by atoms with van der Waals surface area (Å²) in [5, 5.41) is 7.03. The van der Waals surface area contributed by atoms with Crippen LogP contribution in [0.3, 0.4) is 0 Å². The van der Waals surface area contributed by atoms with Gasteiger partial charge in [-0.3, -0.25) is 0 Å². The highest BCUT2D eigenvalue weighted by Crippen LogP contribution is 2.17. The molecule has 6 nitrogen and oxygen atoms in total. The van der Waals surface area contributed by atoms with Gasteiger partial charge in [-0.2, -0.15) is 15.0 Å². The average molecular weight is 333 g/mol. The standard InChI is InChI=1S/C16H23N5OS/c1-4-17-14-19-15(18-12(2)3)21-16(20-14)23-11-10-22-13-8-6-5-7-9-13/h5-9,12H,4,10-11H2,1-3H3,(H2,17,18,19,20,21). The van der Waals surface area contributed by atoms with Crippen molar-refractivity contribution in [3.63, 3.8) is 0 Å². The monoisotopic (exact) mass is 333 g/mol. The fourth-order valence-electron chi connectivity index (χ4n) is 1.79. The Hall–Kier alpha value is -2.02. The molecular formula is C16H23N5OS. The van der Waals surface area contributed by atoms with Crippen LogP contribution in [0.2, 0.25) is 0 Å². The first kappa shape index (κ1) is 17.3. The van der Waals surface area contributed by atoms with Gasteiger partial charge in [0, 0.05) is 18.3 Å². The summed E-state index contributed by atoms with van der Waals surface area (Å²) in [4.78, 5) is 13.2. The summed E-state index contributed by atoms with van der Waals surface area (Å²) < 4.78 is 5.68. The first-order chi connectivity index (χ1) is 11.2. The van der Waals surface area contributed by atoms with E-state index in [9.17, 15) is 0 Å². The number of hydrogen-bond acceptors (Lipinski definition) is 7.